The maximum Gasteiger partial charge on any atom is 0.485 e. The minimum Gasteiger partial charge on any atom is -0.741 e. The van der Waals surface area contributed by atoms with E-state index in [1.165, 1.54) is 0 Å². The second kappa shape index (κ2) is 6.99. The highest BCUT2D eigenvalue weighted by Crippen LogP contribution is 2.34. The van der Waals surface area contributed by atoms with Crippen LogP contribution in [0.2, 0.25) is 20.2 Å². The molecule has 20 heavy (non-hydrogen) atoms. The van der Waals surface area contributed by atoms with E-state index in [0.717, 1.165) is 0 Å². The molecule has 0 fully saturated rings. The second-order valence-electron chi connectivity index (χ2n) is 2.70. The summed E-state index contributed by atoms with van der Waals surface area (Å²) in [5.74, 6) is -0.947. The van der Waals surface area contributed by atoms with Crippen molar-refractivity contribution < 1.29 is 34.6 Å². The largest absolute Gasteiger partial charge is 0.741 e. The fourth-order valence-electron chi connectivity index (χ4n) is 0.536. The van der Waals surface area contributed by atoms with Crippen molar-refractivity contribution in [1.29, 1.82) is 0 Å². The van der Waals surface area contributed by atoms with Crippen LogP contribution in [0.3, 0.4) is 0 Å². The first kappa shape index (κ1) is 20.2. The van der Waals surface area contributed by atoms with Crippen LogP contribution in [0, 0.1) is 5.95 Å². The van der Waals surface area contributed by atoms with E-state index >= 15 is 0 Å². The lowest BCUT2D eigenvalue weighted by Crippen LogP contribution is -2.28. The monoisotopic (exact) mass is 417 g/mol. The van der Waals surface area contributed by atoms with Gasteiger partial charge in [0.25, 0.3) is 11.8 Å². The summed E-state index contributed by atoms with van der Waals surface area (Å²) in [6.07, 6.45) is 0. The molecule has 4 nitrogen and oxygen atoms in total. The Labute approximate surface area is 134 Å². The number of hydrogen-bond donors (Lipinski definition) is 0. The fraction of sp³-hybridized carbons (Fsp3) is 0.167. The Hall–Kier alpha value is 0.230. The standard InChI is InChI=1S/C5Cl5FN.CHF3O3S/c6-1-2(7)4(9)12(10)5(11)3(1)8;2-1(3,4)8(5,6)7/h;(H,5,6,7)/q+1;/p-1. The van der Waals surface area contributed by atoms with Crippen molar-refractivity contribution in [3.63, 3.8) is 0 Å². The third-order valence-electron chi connectivity index (χ3n) is 1.38. The first-order valence-corrected chi connectivity index (χ1v) is 7.09. The van der Waals surface area contributed by atoms with Crippen molar-refractivity contribution in [1.82, 2.24) is 0 Å². The highest BCUT2D eigenvalue weighted by Gasteiger charge is 2.36. The van der Waals surface area contributed by atoms with Crippen molar-refractivity contribution in [2.24, 2.45) is 0 Å². The zero-order chi connectivity index (χ0) is 16.5. The second-order valence-corrected chi connectivity index (χ2v) is 5.91. The molecule has 0 saturated heterocycles. The number of aromatic nitrogens is 1. The number of alkyl halides is 3. The maximum atomic E-state index is 12.9. The Bertz CT molecular complexity index is 515. The molecule has 0 amide bonds. The third kappa shape index (κ3) is 4.90. The Balaban J connectivity index is 0.000000396. The number of pyridine rings is 1. The van der Waals surface area contributed by atoms with E-state index < -0.39 is 21.6 Å². The molecule has 1 aromatic rings. The van der Waals surface area contributed by atoms with Crippen LogP contribution < -0.4 is 4.09 Å². The number of halogens is 9. The van der Waals surface area contributed by atoms with Crippen molar-refractivity contribution in [2.45, 2.75) is 5.51 Å². The lowest BCUT2D eigenvalue weighted by molar-refractivity contribution is -0.552. The molecule has 0 saturated carbocycles. The van der Waals surface area contributed by atoms with Gasteiger partial charge in [0.05, 0.1) is 5.02 Å². The summed E-state index contributed by atoms with van der Waals surface area (Å²) in [7, 11) is -6.09. The van der Waals surface area contributed by atoms with Gasteiger partial charge in [0.2, 0.25) is 0 Å². The summed E-state index contributed by atoms with van der Waals surface area (Å²) < 4.78 is 72.3. The molecule has 0 aliphatic heterocycles. The summed E-state index contributed by atoms with van der Waals surface area (Å²) in [5, 5.41) is -0.816. The van der Waals surface area contributed by atoms with E-state index in [-0.39, 0.29) is 20.2 Å². The molecule has 0 spiro atoms. The predicted molar refractivity (Wildman–Crippen MR) is 63.6 cm³/mol. The quantitative estimate of drug-likeness (QED) is 0.278. The molecule has 0 N–H and O–H groups in total. The first-order chi connectivity index (χ1) is 8.71. The van der Waals surface area contributed by atoms with Crippen LogP contribution in [0.1, 0.15) is 0 Å². The predicted octanol–water partition coefficient (Wildman–Crippen LogP) is 3.78. The summed E-state index contributed by atoms with van der Waals surface area (Å²) in [4.78, 5) is 0. The third-order valence-corrected chi connectivity index (χ3v) is 4.09. The molecule has 0 aromatic carbocycles. The molecule has 0 aliphatic carbocycles. The molecule has 0 bridgehead atoms. The lowest BCUT2D eigenvalue weighted by atomic mass is 10.5. The lowest BCUT2D eigenvalue weighted by Gasteiger charge is -2.08. The molecule has 0 radical (unpaired) electrons. The SMILES string of the molecule is Fc1c(Cl)c(Cl)c(Cl)c(Cl)[n+]1Cl.O=S(=O)([O-])C(F)(F)F. The molecule has 0 aliphatic rings. The Morgan fingerprint density at radius 1 is 1.00 bits per heavy atom. The highest BCUT2D eigenvalue weighted by molar-refractivity contribution is 7.86. The van der Waals surface area contributed by atoms with Crippen molar-refractivity contribution >= 4 is 68.3 Å². The molecule has 14 heteroatoms. The molecule has 1 heterocycles. The van der Waals surface area contributed by atoms with E-state index in [1.54, 1.807) is 0 Å². The van der Waals surface area contributed by atoms with Gasteiger partial charge in [0.1, 0.15) is 5.02 Å². The van der Waals surface area contributed by atoms with Gasteiger partial charge in [-0.25, -0.2) is 8.42 Å². The minimum atomic E-state index is -6.09. The van der Waals surface area contributed by atoms with Crippen molar-refractivity contribution in [3.8, 4) is 0 Å². The highest BCUT2D eigenvalue weighted by atomic mass is 35.5. The topological polar surface area (TPSA) is 61.1 Å². The van der Waals surface area contributed by atoms with Gasteiger partial charge >= 0.3 is 16.6 Å². The molecular formula is C6Cl5F4NO3S. The average molecular weight is 419 g/mol. The number of nitrogens with zero attached hydrogens (tertiary/aromatic N) is 1. The maximum absolute atomic E-state index is 12.9. The normalized spacial score (nSPS) is 11.9. The van der Waals surface area contributed by atoms with Gasteiger partial charge in [0.15, 0.2) is 15.1 Å². The molecule has 0 unspecified atom stereocenters. The van der Waals surface area contributed by atoms with Gasteiger partial charge in [-0.15, -0.1) is 4.39 Å². The van der Waals surface area contributed by atoms with E-state index in [0.29, 0.717) is 4.09 Å². The summed E-state index contributed by atoms with van der Waals surface area (Å²) in [6, 6.07) is 0. The van der Waals surface area contributed by atoms with Gasteiger partial charge in [-0.3, -0.25) is 0 Å². The van der Waals surface area contributed by atoms with Crippen LogP contribution in [0.5, 0.6) is 0 Å². The van der Waals surface area contributed by atoms with Crippen LogP contribution in [0.15, 0.2) is 0 Å². The van der Waals surface area contributed by atoms with E-state index in [1.807, 2.05) is 0 Å². The van der Waals surface area contributed by atoms with Crippen LogP contribution in [0.25, 0.3) is 0 Å². The van der Waals surface area contributed by atoms with Gasteiger partial charge in [-0.05, 0) is 15.7 Å². The van der Waals surface area contributed by atoms with Crippen molar-refractivity contribution in [3.05, 3.63) is 26.2 Å². The van der Waals surface area contributed by atoms with E-state index in [4.69, 9.17) is 71.2 Å². The molecular weight excluding hydrogens is 419 g/mol. The molecule has 0 atom stereocenters. The van der Waals surface area contributed by atoms with Crippen LogP contribution in [-0.4, -0.2) is 18.5 Å². The van der Waals surface area contributed by atoms with E-state index in [9.17, 15) is 17.6 Å². The van der Waals surface area contributed by atoms with Gasteiger partial charge in [0, 0.05) is 0 Å². The summed E-state index contributed by atoms with van der Waals surface area (Å²) >= 11 is 27.3. The zero-order valence-electron chi connectivity index (χ0n) is 8.48. The van der Waals surface area contributed by atoms with Crippen LogP contribution in [0.4, 0.5) is 17.6 Å². The minimum absolute atomic E-state index is 0.0836. The number of hydrogen-bond acceptors (Lipinski definition) is 3. The van der Waals surface area contributed by atoms with Crippen LogP contribution in [-0.2, 0) is 10.1 Å². The Morgan fingerprint density at radius 3 is 1.65 bits per heavy atom. The molecule has 1 aromatic heterocycles. The van der Waals surface area contributed by atoms with Gasteiger partial charge in [-0.2, -0.15) is 13.2 Å². The first-order valence-electron chi connectivity index (χ1n) is 3.83. The average Bonchev–Trinajstić information content (AvgIpc) is 2.30. The summed E-state index contributed by atoms with van der Waals surface area (Å²) in [5.41, 5.74) is -5.65. The van der Waals surface area contributed by atoms with Crippen molar-refractivity contribution in [2.75, 3.05) is 0 Å². The smallest absolute Gasteiger partial charge is 0.485 e. The molecule has 1 rings (SSSR count). The van der Waals surface area contributed by atoms with Gasteiger partial charge < -0.3 is 4.55 Å². The summed E-state index contributed by atoms with van der Waals surface area (Å²) in [6.45, 7) is 0. The van der Waals surface area contributed by atoms with E-state index in [2.05, 4.69) is 0 Å². The van der Waals surface area contributed by atoms with Crippen LogP contribution >= 0.6 is 58.2 Å². The Morgan fingerprint density at radius 2 is 1.35 bits per heavy atom. The zero-order valence-corrected chi connectivity index (χ0v) is 13.1. The fourth-order valence-corrected chi connectivity index (χ4v) is 1.58. The Kier molecular flexibility index (Phi) is 7.07. The van der Waals surface area contributed by atoms with Gasteiger partial charge in [-0.1, -0.05) is 34.8 Å². The molecule has 116 valence electrons. The number of rotatable bonds is 0.